The number of carbonyl (C=O) groups excluding carboxylic acids is 1. The maximum absolute atomic E-state index is 12.2. The van der Waals surface area contributed by atoms with Gasteiger partial charge < -0.3 is 14.8 Å². The topological polar surface area (TPSA) is 79.5 Å². The Labute approximate surface area is 120 Å². The summed E-state index contributed by atoms with van der Waals surface area (Å²) in [5.41, 5.74) is 1.20. The second-order valence-electron chi connectivity index (χ2n) is 5.94. The summed E-state index contributed by atoms with van der Waals surface area (Å²) in [7, 11) is 0. The van der Waals surface area contributed by atoms with Crippen LogP contribution >= 0.6 is 0 Å². The standard InChI is InChI=1S/C16H15NO4/c18-15(14-10-2-1-3-11(10)14)17-9-4-5-12-8(6-9)7-13(21-12)16(19)20/h4-7,10-11,14H,1-3H2,(H,17,18)(H,19,20). The van der Waals surface area contributed by atoms with Gasteiger partial charge in [0.2, 0.25) is 11.7 Å². The van der Waals surface area contributed by atoms with Crippen molar-refractivity contribution in [3.63, 3.8) is 0 Å². The van der Waals surface area contributed by atoms with Crippen LogP contribution in [0.15, 0.2) is 28.7 Å². The van der Waals surface area contributed by atoms with Gasteiger partial charge >= 0.3 is 5.97 Å². The molecule has 108 valence electrons. The van der Waals surface area contributed by atoms with Crippen molar-refractivity contribution in [3.05, 3.63) is 30.0 Å². The first-order valence-electron chi connectivity index (χ1n) is 7.21. The van der Waals surface area contributed by atoms with E-state index in [1.54, 1.807) is 18.2 Å². The summed E-state index contributed by atoms with van der Waals surface area (Å²) in [5, 5.41) is 12.5. The Morgan fingerprint density at radius 2 is 1.95 bits per heavy atom. The van der Waals surface area contributed by atoms with Gasteiger partial charge in [0.1, 0.15) is 5.58 Å². The summed E-state index contributed by atoms with van der Waals surface area (Å²) in [5.74, 6) is 0.245. The molecule has 0 radical (unpaired) electrons. The number of carboxylic acid groups (broad SMARTS) is 1. The number of carboxylic acids is 1. The summed E-state index contributed by atoms with van der Waals surface area (Å²) >= 11 is 0. The maximum Gasteiger partial charge on any atom is 0.371 e. The third-order valence-corrected chi connectivity index (χ3v) is 4.70. The molecule has 1 aromatic heterocycles. The molecule has 2 saturated carbocycles. The molecule has 2 aromatic rings. The highest BCUT2D eigenvalue weighted by molar-refractivity contribution is 5.98. The van der Waals surface area contributed by atoms with E-state index in [1.165, 1.54) is 25.3 Å². The fourth-order valence-corrected chi connectivity index (χ4v) is 3.66. The van der Waals surface area contributed by atoms with Gasteiger partial charge in [0, 0.05) is 17.0 Å². The van der Waals surface area contributed by atoms with Crippen LogP contribution in [-0.2, 0) is 4.79 Å². The van der Waals surface area contributed by atoms with Crippen LogP contribution in [0, 0.1) is 17.8 Å². The van der Waals surface area contributed by atoms with E-state index in [0.29, 0.717) is 28.5 Å². The monoisotopic (exact) mass is 285 g/mol. The predicted octanol–water partition coefficient (Wildman–Crippen LogP) is 3.12. The summed E-state index contributed by atoms with van der Waals surface area (Å²) < 4.78 is 5.20. The molecule has 2 atom stereocenters. The van der Waals surface area contributed by atoms with Crippen LogP contribution in [0.2, 0.25) is 0 Å². The zero-order valence-corrected chi connectivity index (χ0v) is 11.3. The molecule has 2 unspecified atom stereocenters. The van der Waals surface area contributed by atoms with Crippen LogP contribution in [-0.4, -0.2) is 17.0 Å². The summed E-state index contributed by atoms with van der Waals surface area (Å²) in [6, 6.07) is 6.65. The molecule has 4 rings (SSSR count). The zero-order chi connectivity index (χ0) is 14.6. The lowest BCUT2D eigenvalue weighted by molar-refractivity contribution is -0.118. The van der Waals surface area contributed by atoms with Crippen molar-refractivity contribution in [1.82, 2.24) is 0 Å². The van der Waals surface area contributed by atoms with Crippen molar-refractivity contribution in [3.8, 4) is 0 Å². The van der Waals surface area contributed by atoms with Crippen LogP contribution in [0.4, 0.5) is 5.69 Å². The largest absolute Gasteiger partial charge is 0.475 e. The first kappa shape index (κ1) is 12.4. The second kappa shape index (κ2) is 4.35. The maximum atomic E-state index is 12.2. The lowest BCUT2D eigenvalue weighted by atomic mass is 10.1. The van der Waals surface area contributed by atoms with Gasteiger partial charge in [-0.3, -0.25) is 4.79 Å². The van der Waals surface area contributed by atoms with E-state index < -0.39 is 5.97 Å². The molecule has 2 fully saturated rings. The van der Waals surface area contributed by atoms with Crippen molar-refractivity contribution >= 4 is 28.5 Å². The molecule has 5 nitrogen and oxygen atoms in total. The van der Waals surface area contributed by atoms with Gasteiger partial charge in [0.25, 0.3) is 0 Å². The third-order valence-electron chi connectivity index (χ3n) is 4.70. The number of fused-ring (bicyclic) bond motifs is 2. The fraction of sp³-hybridized carbons (Fsp3) is 0.375. The minimum atomic E-state index is -1.09. The van der Waals surface area contributed by atoms with Crippen LogP contribution in [0.5, 0.6) is 0 Å². The third kappa shape index (κ3) is 2.00. The average molecular weight is 285 g/mol. The van der Waals surface area contributed by atoms with E-state index in [1.807, 2.05) is 0 Å². The van der Waals surface area contributed by atoms with Gasteiger partial charge in [-0.1, -0.05) is 6.42 Å². The Morgan fingerprint density at radius 3 is 2.67 bits per heavy atom. The minimum absolute atomic E-state index is 0.0889. The molecule has 0 saturated heterocycles. The van der Waals surface area contributed by atoms with Crippen molar-refractivity contribution < 1.29 is 19.1 Å². The molecule has 1 heterocycles. The van der Waals surface area contributed by atoms with Crippen molar-refractivity contribution in [2.75, 3.05) is 5.32 Å². The molecule has 2 N–H and O–H groups in total. The SMILES string of the molecule is O=C(O)c1cc2cc(NC(=O)C3C4CCCC43)ccc2o1. The van der Waals surface area contributed by atoms with Crippen molar-refractivity contribution in [2.24, 2.45) is 17.8 Å². The molecule has 21 heavy (non-hydrogen) atoms. The number of benzene rings is 1. The highest BCUT2D eigenvalue weighted by atomic mass is 16.4. The minimum Gasteiger partial charge on any atom is -0.475 e. The molecular weight excluding hydrogens is 270 g/mol. The Balaban J connectivity index is 1.53. The van der Waals surface area contributed by atoms with E-state index in [0.717, 1.165) is 0 Å². The predicted molar refractivity (Wildman–Crippen MR) is 76.1 cm³/mol. The number of rotatable bonds is 3. The molecule has 0 aliphatic heterocycles. The molecule has 0 bridgehead atoms. The van der Waals surface area contributed by atoms with Crippen LogP contribution in [0.25, 0.3) is 11.0 Å². The zero-order valence-electron chi connectivity index (χ0n) is 11.3. The molecule has 1 amide bonds. The Bertz CT molecular complexity index is 738. The lowest BCUT2D eigenvalue weighted by Crippen LogP contribution is -2.16. The second-order valence-corrected chi connectivity index (χ2v) is 5.94. The fourth-order valence-electron chi connectivity index (χ4n) is 3.66. The van der Waals surface area contributed by atoms with Crippen LogP contribution in [0.1, 0.15) is 29.8 Å². The number of amides is 1. The number of anilines is 1. The van der Waals surface area contributed by atoms with Crippen LogP contribution in [0.3, 0.4) is 0 Å². The van der Waals surface area contributed by atoms with Gasteiger partial charge in [-0.05, 0) is 48.9 Å². The molecule has 2 aliphatic carbocycles. The summed E-state index contributed by atoms with van der Waals surface area (Å²) in [6.07, 6.45) is 3.59. The quantitative estimate of drug-likeness (QED) is 0.908. The number of furan rings is 1. The van der Waals surface area contributed by atoms with E-state index in [-0.39, 0.29) is 17.6 Å². The number of aromatic carboxylic acids is 1. The van der Waals surface area contributed by atoms with Gasteiger partial charge in [0.05, 0.1) is 0 Å². The number of carbonyl (C=O) groups is 2. The molecule has 0 spiro atoms. The smallest absolute Gasteiger partial charge is 0.371 e. The Morgan fingerprint density at radius 1 is 1.19 bits per heavy atom. The first-order chi connectivity index (χ1) is 10.1. The van der Waals surface area contributed by atoms with Crippen molar-refractivity contribution in [2.45, 2.75) is 19.3 Å². The number of hydrogen-bond acceptors (Lipinski definition) is 3. The highest BCUT2D eigenvalue weighted by Crippen LogP contribution is 2.57. The number of hydrogen-bond donors (Lipinski definition) is 2. The summed E-state index contributed by atoms with van der Waals surface area (Å²) in [6.45, 7) is 0. The number of nitrogens with one attached hydrogen (secondary N) is 1. The Hall–Kier alpha value is -2.30. The Kier molecular flexibility index (Phi) is 2.58. The van der Waals surface area contributed by atoms with Gasteiger partial charge in [-0.2, -0.15) is 0 Å². The molecule has 2 aliphatic rings. The van der Waals surface area contributed by atoms with E-state index in [9.17, 15) is 9.59 Å². The lowest BCUT2D eigenvalue weighted by Gasteiger charge is -2.06. The molecule has 1 aromatic carbocycles. The highest BCUT2D eigenvalue weighted by Gasteiger charge is 2.56. The first-order valence-corrected chi connectivity index (χ1v) is 7.21. The summed E-state index contributed by atoms with van der Waals surface area (Å²) in [4.78, 5) is 23.1. The van der Waals surface area contributed by atoms with Crippen molar-refractivity contribution in [1.29, 1.82) is 0 Å². The molecular formula is C16H15NO4. The average Bonchev–Trinajstić information content (AvgIpc) is 2.83. The van der Waals surface area contributed by atoms with Gasteiger partial charge in [0.15, 0.2) is 0 Å². The van der Waals surface area contributed by atoms with Gasteiger partial charge in [-0.15, -0.1) is 0 Å². The van der Waals surface area contributed by atoms with E-state index in [4.69, 9.17) is 9.52 Å². The normalized spacial score (nSPS) is 26.6. The van der Waals surface area contributed by atoms with Gasteiger partial charge in [-0.25, -0.2) is 4.79 Å². The van der Waals surface area contributed by atoms with E-state index in [2.05, 4.69) is 5.32 Å². The van der Waals surface area contributed by atoms with E-state index >= 15 is 0 Å². The van der Waals surface area contributed by atoms with Crippen LogP contribution < -0.4 is 5.32 Å². The molecule has 5 heteroatoms.